The molecule has 5 heteroatoms. The predicted molar refractivity (Wildman–Crippen MR) is 74.8 cm³/mol. The molecule has 2 aromatic rings. The number of hydrogen-bond acceptors (Lipinski definition) is 4. The Labute approximate surface area is 117 Å². The van der Waals surface area contributed by atoms with Crippen molar-refractivity contribution in [3.63, 3.8) is 0 Å². The molecule has 0 bridgehead atoms. The summed E-state index contributed by atoms with van der Waals surface area (Å²) < 4.78 is 4.96. The first-order valence-electron chi connectivity index (χ1n) is 6.17. The molecule has 0 atom stereocenters. The number of pyridine rings is 1. The lowest BCUT2D eigenvalue weighted by molar-refractivity contribution is 0.0948. The maximum atomic E-state index is 12.0. The molecule has 0 saturated carbocycles. The number of phenolic OH excluding ortho intramolecular Hbond substituents is 1. The highest BCUT2D eigenvalue weighted by molar-refractivity contribution is 5.96. The molecular formula is C15H16N2O3. The van der Waals surface area contributed by atoms with Crippen LogP contribution < -0.4 is 10.1 Å². The standard InChI is InChI=1S/C15H16N2O3/c1-10-3-5-13(18)12(7-10)15(19)17-9-11-4-6-14(20-2)16-8-11/h3-8,18H,9H2,1-2H3,(H,17,19). The van der Waals surface area contributed by atoms with E-state index in [0.717, 1.165) is 11.1 Å². The van der Waals surface area contributed by atoms with Crippen LogP contribution in [0.25, 0.3) is 0 Å². The highest BCUT2D eigenvalue weighted by Gasteiger charge is 2.10. The minimum atomic E-state index is -0.318. The Hall–Kier alpha value is -2.56. The van der Waals surface area contributed by atoms with Gasteiger partial charge >= 0.3 is 0 Å². The number of ether oxygens (including phenoxy) is 1. The van der Waals surface area contributed by atoms with Gasteiger partial charge in [0.25, 0.3) is 5.91 Å². The SMILES string of the molecule is COc1ccc(CNC(=O)c2cc(C)ccc2O)cn1. The quantitative estimate of drug-likeness (QED) is 0.893. The van der Waals surface area contributed by atoms with E-state index in [1.165, 1.54) is 6.07 Å². The fourth-order valence-electron chi connectivity index (χ4n) is 1.75. The fraction of sp³-hybridized carbons (Fsp3) is 0.200. The van der Waals surface area contributed by atoms with Crippen LogP contribution in [0, 0.1) is 6.92 Å². The van der Waals surface area contributed by atoms with Gasteiger partial charge in [-0.3, -0.25) is 4.79 Å². The van der Waals surface area contributed by atoms with Crippen molar-refractivity contribution in [2.24, 2.45) is 0 Å². The van der Waals surface area contributed by atoms with E-state index in [4.69, 9.17) is 4.74 Å². The second kappa shape index (κ2) is 6.06. The van der Waals surface area contributed by atoms with Crippen LogP contribution in [0.2, 0.25) is 0 Å². The number of carbonyl (C=O) groups is 1. The molecule has 0 aliphatic heterocycles. The van der Waals surface area contributed by atoms with Crippen LogP contribution in [-0.2, 0) is 6.54 Å². The zero-order valence-electron chi connectivity index (χ0n) is 11.4. The van der Waals surface area contributed by atoms with Crippen molar-refractivity contribution in [1.29, 1.82) is 0 Å². The highest BCUT2D eigenvalue weighted by Crippen LogP contribution is 2.18. The maximum Gasteiger partial charge on any atom is 0.255 e. The number of methoxy groups -OCH3 is 1. The van der Waals surface area contributed by atoms with Crippen molar-refractivity contribution in [3.05, 3.63) is 53.2 Å². The van der Waals surface area contributed by atoms with E-state index in [9.17, 15) is 9.90 Å². The molecule has 1 amide bonds. The summed E-state index contributed by atoms with van der Waals surface area (Å²) in [6.07, 6.45) is 1.63. The Kier molecular flexibility index (Phi) is 4.20. The van der Waals surface area contributed by atoms with Gasteiger partial charge in [0, 0.05) is 18.8 Å². The topological polar surface area (TPSA) is 71.5 Å². The fourth-order valence-corrected chi connectivity index (χ4v) is 1.75. The molecule has 1 aromatic carbocycles. The van der Waals surface area contributed by atoms with Crippen molar-refractivity contribution >= 4 is 5.91 Å². The molecule has 5 nitrogen and oxygen atoms in total. The third-order valence-corrected chi connectivity index (χ3v) is 2.86. The normalized spacial score (nSPS) is 10.1. The monoisotopic (exact) mass is 272 g/mol. The molecule has 104 valence electrons. The van der Waals surface area contributed by atoms with Crippen LogP contribution in [0.15, 0.2) is 36.5 Å². The van der Waals surface area contributed by atoms with Crippen LogP contribution in [0.4, 0.5) is 0 Å². The van der Waals surface area contributed by atoms with E-state index in [0.29, 0.717) is 12.4 Å². The molecule has 1 heterocycles. The summed E-state index contributed by atoms with van der Waals surface area (Å²) in [5, 5.41) is 12.4. The minimum Gasteiger partial charge on any atom is -0.507 e. The average molecular weight is 272 g/mol. The van der Waals surface area contributed by atoms with E-state index in [1.54, 1.807) is 31.5 Å². The summed E-state index contributed by atoms with van der Waals surface area (Å²) in [6.45, 7) is 2.20. The van der Waals surface area contributed by atoms with Gasteiger partial charge in [0.05, 0.1) is 12.7 Å². The number of aromatic hydroxyl groups is 1. The lowest BCUT2D eigenvalue weighted by Gasteiger charge is -2.08. The van der Waals surface area contributed by atoms with E-state index < -0.39 is 0 Å². The van der Waals surface area contributed by atoms with E-state index in [1.807, 2.05) is 13.0 Å². The van der Waals surface area contributed by atoms with Gasteiger partial charge in [-0.25, -0.2) is 4.98 Å². The number of nitrogens with one attached hydrogen (secondary N) is 1. The largest absolute Gasteiger partial charge is 0.507 e. The summed E-state index contributed by atoms with van der Waals surface area (Å²) in [5.74, 6) is 0.180. The maximum absolute atomic E-state index is 12.0. The Morgan fingerprint density at radius 2 is 2.15 bits per heavy atom. The third kappa shape index (κ3) is 3.26. The van der Waals surface area contributed by atoms with Gasteiger partial charge in [-0.1, -0.05) is 17.7 Å². The molecule has 0 aliphatic rings. The lowest BCUT2D eigenvalue weighted by Crippen LogP contribution is -2.23. The van der Waals surface area contributed by atoms with Gasteiger partial charge < -0.3 is 15.2 Å². The Morgan fingerprint density at radius 1 is 1.35 bits per heavy atom. The first-order valence-corrected chi connectivity index (χ1v) is 6.17. The Bertz CT molecular complexity index is 609. The van der Waals surface area contributed by atoms with Gasteiger partial charge in [-0.15, -0.1) is 0 Å². The van der Waals surface area contributed by atoms with E-state index >= 15 is 0 Å². The van der Waals surface area contributed by atoms with Crippen LogP contribution in [-0.4, -0.2) is 23.1 Å². The summed E-state index contributed by atoms with van der Waals surface area (Å²) in [5.41, 5.74) is 2.04. The predicted octanol–water partition coefficient (Wildman–Crippen LogP) is 2.03. The molecular weight excluding hydrogens is 256 g/mol. The second-order valence-corrected chi connectivity index (χ2v) is 4.41. The number of aromatic nitrogens is 1. The van der Waals surface area contributed by atoms with E-state index in [2.05, 4.69) is 10.3 Å². The Morgan fingerprint density at radius 3 is 2.80 bits per heavy atom. The number of carbonyl (C=O) groups excluding carboxylic acids is 1. The molecule has 2 N–H and O–H groups in total. The van der Waals surface area contributed by atoms with Gasteiger partial charge in [-0.2, -0.15) is 0 Å². The molecule has 0 aliphatic carbocycles. The van der Waals surface area contributed by atoms with Gasteiger partial charge in [0.1, 0.15) is 5.75 Å². The van der Waals surface area contributed by atoms with Crippen LogP contribution >= 0.6 is 0 Å². The number of benzene rings is 1. The molecule has 0 fully saturated rings. The van der Waals surface area contributed by atoms with Crippen molar-refractivity contribution in [2.75, 3.05) is 7.11 Å². The highest BCUT2D eigenvalue weighted by atomic mass is 16.5. The summed E-state index contributed by atoms with van der Waals surface area (Å²) in [7, 11) is 1.55. The first kappa shape index (κ1) is 13.9. The Balaban J connectivity index is 2.02. The number of phenols is 1. The minimum absolute atomic E-state index is 0.0269. The summed E-state index contributed by atoms with van der Waals surface area (Å²) >= 11 is 0. The third-order valence-electron chi connectivity index (χ3n) is 2.86. The number of amides is 1. The lowest BCUT2D eigenvalue weighted by atomic mass is 10.1. The van der Waals surface area contributed by atoms with Gasteiger partial charge in [-0.05, 0) is 24.6 Å². The van der Waals surface area contributed by atoms with Crippen LogP contribution in [0.1, 0.15) is 21.5 Å². The average Bonchev–Trinajstić information content (AvgIpc) is 2.47. The van der Waals surface area contributed by atoms with Crippen LogP contribution in [0.5, 0.6) is 11.6 Å². The molecule has 0 spiro atoms. The first-order chi connectivity index (χ1) is 9.60. The summed E-state index contributed by atoms with van der Waals surface area (Å²) in [4.78, 5) is 16.1. The van der Waals surface area contributed by atoms with E-state index in [-0.39, 0.29) is 17.2 Å². The molecule has 2 rings (SSSR count). The number of nitrogens with zero attached hydrogens (tertiary/aromatic N) is 1. The second-order valence-electron chi connectivity index (χ2n) is 4.41. The number of aryl methyl sites for hydroxylation is 1. The molecule has 0 radical (unpaired) electrons. The zero-order chi connectivity index (χ0) is 14.5. The van der Waals surface area contributed by atoms with Gasteiger partial charge in [0.2, 0.25) is 5.88 Å². The van der Waals surface area contributed by atoms with Crippen molar-refractivity contribution in [2.45, 2.75) is 13.5 Å². The number of hydrogen-bond donors (Lipinski definition) is 2. The molecule has 0 saturated heterocycles. The zero-order valence-corrected chi connectivity index (χ0v) is 11.4. The van der Waals surface area contributed by atoms with Crippen molar-refractivity contribution in [3.8, 4) is 11.6 Å². The van der Waals surface area contributed by atoms with Crippen molar-refractivity contribution in [1.82, 2.24) is 10.3 Å². The number of rotatable bonds is 4. The van der Waals surface area contributed by atoms with Crippen LogP contribution in [0.3, 0.4) is 0 Å². The van der Waals surface area contributed by atoms with Gasteiger partial charge in [0.15, 0.2) is 0 Å². The molecule has 1 aromatic heterocycles. The summed E-state index contributed by atoms with van der Waals surface area (Å²) in [6, 6.07) is 8.46. The van der Waals surface area contributed by atoms with Crippen molar-refractivity contribution < 1.29 is 14.6 Å². The smallest absolute Gasteiger partial charge is 0.255 e. The molecule has 0 unspecified atom stereocenters. The molecule has 20 heavy (non-hydrogen) atoms.